The van der Waals surface area contributed by atoms with Crippen LogP contribution in [-0.4, -0.2) is 51.3 Å². The first-order chi connectivity index (χ1) is 8.98. The van der Waals surface area contributed by atoms with E-state index < -0.39 is 0 Å². The summed E-state index contributed by atoms with van der Waals surface area (Å²) in [5, 5.41) is 9.23. The summed E-state index contributed by atoms with van der Waals surface area (Å²) < 4.78 is 5.32. The van der Waals surface area contributed by atoms with Gasteiger partial charge in [0.05, 0.1) is 5.60 Å². The van der Waals surface area contributed by atoms with Gasteiger partial charge in [-0.1, -0.05) is 0 Å². The normalized spacial score (nSPS) is 15.3. The fourth-order valence-electron chi connectivity index (χ4n) is 1.45. The van der Waals surface area contributed by atoms with Crippen molar-refractivity contribution in [2.45, 2.75) is 32.3 Å². The van der Waals surface area contributed by atoms with Crippen LogP contribution in [0.5, 0.6) is 0 Å². The zero-order valence-electron chi connectivity index (χ0n) is 12.8. The zero-order chi connectivity index (χ0) is 14.3. The van der Waals surface area contributed by atoms with Crippen molar-refractivity contribution in [1.29, 1.82) is 0 Å². The largest absolute Gasteiger partial charge is 0.377 e. The van der Waals surface area contributed by atoms with E-state index in [2.05, 4.69) is 20.9 Å². The van der Waals surface area contributed by atoms with Gasteiger partial charge in [0.15, 0.2) is 5.96 Å². The standard InChI is InChI=1S/C13H26N4O2.HI/c1-13(2,19-4)9-17-12(14-3)16-8-7-15-11(18)10-5-6-10;/h10H,5-9H2,1-4H3,(H,15,18)(H2,14,16,17);1H. The van der Waals surface area contributed by atoms with Crippen molar-refractivity contribution in [1.82, 2.24) is 16.0 Å². The number of guanidine groups is 1. The van der Waals surface area contributed by atoms with E-state index in [0.717, 1.165) is 12.8 Å². The van der Waals surface area contributed by atoms with E-state index in [1.807, 2.05) is 13.8 Å². The molecule has 20 heavy (non-hydrogen) atoms. The molecule has 1 aliphatic rings. The Morgan fingerprint density at radius 1 is 1.25 bits per heavy atom. The van der Waals surface area contributed by atoms with Crippen molar-refractivity contribution in [3.05, 3.63) is 0 Å². The van der Waals surface area contributed by atoms with Gasteiger partial charge < -0.3 is 20.7 Å². The molecule has 0 aromatic carbocycles. The lowest BCUT2D eigenvalue weighted by Gasteiger charge is -2.24. The number of hydrogen-bond donors (Lipinski definition) is 3. The Balaban J connectivity index is 0.00000361. The first-order valence-corrected chi connectivity index (χ1v) is 6.76. The lowest BCUT2D eigenvalue weighted by molar-refractivity contribution is -0.122. The topological polar surface area (TPSA) is 74.8 Å². The molecule has 0 unspecified atom stereocenters. The van der Waals surface area contributed by atoms with E-state index in [4.69, 9.17) is 4.74 Å². The first kappa shape index (κ1) is 19.4. The molecule has 118 valence electrons. The second-order valence-corrected chi connectivity index (χ2v) is 5.38. The maximum atomic E-state index is 11.4. The summed E-state index contributed by atoms with van der Waals surface area (Å²) in [7, 11) is 3.41. The Labute approximate surface area is 138 Å². The van der Waals surface area contributed by atoms with Crippen molar-refractivity contribution in [2.75, 3.05) is 33.8 Å². The third kappa shape index (κ3) is 7.88. The van der Waals surface area contributed by atoms with Crippen LogP contribution < -0.4 is 16.0 Å². The lowest BCUT2D eigenvalue weighted by Crippen LogP contribution is -2.47. The maximum absolute atomic E-state index is 11.4. The summed E-state index contributed by atoms with van der Waals surface area (Å²) >= 11 is 0. The summed E-state index contributed by atoms with van der Waals surface area (Å²) in [6.07, 6.45) is 2.07. The van der Waals surface area contributed by atoms with Crippen molar-refractivity contribution in [3.8, 4) is 0 Å². The van der Waals surface area contributed by atoms with Crippen LogP contribution in [0.2, 0.25) is 0 Å². The van der Waals surface area contributed by atoms with Crippen LogP contribution >= 0.6 is 24.0 Å². The van der Waals surface area contributed by atoms with Gasteiger partial charge in [-0.25, -0.2) is 0 Å². The van der Waals surface area contributed by atoms with Crippen LogP contribution in [0.1, 0.15) is 26.7 Å². The quantitative estimate of drug-likeness (QED) is 0.256. The third-order valence-corrected chi connectivity index (χ3v) is 3.12. The number of methoxy groups -OCH3 is 1. The number of hydrogen-bond acceptors (Lipinski definition) is 3. The number of rotatable bonds is 7. The van der Waals surface area contributed by atoms with Crippen molar-refractivity contribution < 1.29 is 9.53 Å². The van der Waals surface area contributed by atoms with Crippen LogP contribution in [0.4, 0.5) is 0 Å². The Morgan fingerprint density at radius 2 is 1.85 bits per heavy atom. The van der Waals surface area contributed by atoms with Crippen molar-refractivity contribution in [3.63, 3.8) is 0 Å². The number of carbonyl (C=O) groups excluding carboxylic acids is 1. The molecule has 0 aliphatic heterocycles. The summed E-state index contributed by atoms with van der Waals surface area (Å²) in [4.78, 5) is 15.5. The monoisotopic (exact) mass is 398 g/mol. The molecule has 3 N–H and O–H groups in total. The zero-order valence-corrected chi connectivity index (χ0v) is 15.1. The minimum absolute atomic E-state index is 0. The molecule has 1 fully saturated rings. The number of ether oxygens (including phenoxy) is 1. The highest BCUT2D eigenvalue weighted by molar-refractivity contribution is 14.0. The van der Waals surface area contributed by atoms with E-state index in [-0.39, 0.29) is 41.4 Å². The summed E-state index contributed by atoms with van der Waals surface area (Å²) in [5.74, 6) is 1.15. The van der Waals surface area contributed by atoms with Crippen LogP contribution in [0.15, 0.2) is 4.99 Å². The minimum atomic E-state index is -0.238. The van der Waals surface area contributed by atoms with Gasteiger partial charge in [0.2, 0.25) is 5.91 Å². The van der Waals surface area contributed by atoms with Crippen molar-refractivity contribution in [2.24, 2.45) is 10.9 Å². The van der Waals surface area contributed by atoms with E-state index >= 15 is 0 Å². The number of nitrogens with one attached hydrogen (secondary N) is 3. The first-order valence-electron chi connectivity index (χ1n) is 6.76. The highest BCUT2D eigenvalue weighted by Crippen LogP contribution is 2.28. The Morgan fingerprint density at radius 3 is 2.35 bits per heavy atom. The smallest absolute Gasteiger partial charge is 0.223 e. The molecule has 0 radical (unpaired) electrons. The average Bonchev–Trinajstić information content (AvgIpc) is 3.22. The van der Waals surface area contributed by atoms with Crippen LogP contribution in [0.25, 0.3) is 0 Å². The summed E-state index contributed by atoms with van der Waals surface area (Å²) in [6, 6.07) is 0. The predicted octanol–water partition coefficient (Wildman–Crippen LogP) is 0.721. The molecule has 0 saturated heterocycles. The van der Waals surface area contributed by atoms with Gasteiger partial charge in [0, 0.05) is 39.7 Å². The number of aliphatic imine (C=N–C) groups is 1. The highest BCUT2D eigenvalue weighted by Gasteiger charge is 2.28. The van der Waals surface area contributed by atoms with Gasteiger partial charge in [-0.2, -0.15) is 0 Å². The fraction of sp³-hybridized carbons (Fsp3) is 0.846. The minimum Gasteiger partial charge on any atom is -0.377 e. The van der Waals surface area contributed by atoms with Gasteiger partial charge in [0.1, 0.15) is 0 Å². The van der Waals surface area contributed by atoms with Crippen LogP contribution in [0.3, 0.4) is 0 Å². The van der Waals surface area contributed by atoms with Crippen molar-refractivity contribution >= 4 is 35.8 Å². The van der Waals surface area contributed by atoms with E-state index in [1.165, 1.54) is 0 Å². The molecule has 0 heterocycles. The molecule has 1 rings (SSSR count). The van der Waals surface area contributed by atoms with Crippen LogP contribution in [0, 0.1) is 5.92 Å². The third-order valence-electron chi connectivity index (χ3n) is 3.12. The van der Waals surface area contributed by atoms with Gasteiger partial charge in [-0.15, -0.1) is 24.0 Å². The van der Waals surface area contributed by atoms with Crippen LogP contribution in [-0.2, 0) is 9.53 Å². The second kappa shape index (κ2) is 9.38. The molecule has 1 aliphatic carbocycles. The molecule has 0 aromatic heterocycles. The van der Waals surface area contributed by atoms with Gasteiger partial charge in [-0.05, 0) is 26.7 Å². The van der Waals surface area contributed by atoms with Gasteiger partial charge in [0.25, 0.3) is 0 Å². The highest BCUT2D eigenvalue weighted by atomic mass is 127. The summed E-state index contributed by atoms with van der Waals surface area (Å²) in [6.45, 7) is 5.94. The Kier molecular flexibility index (Phi) is 9.11. The van der Waals surface area contributed by atoms with E-state index in [1.54, 1.807) is 14.2 Å². The molecule has 0 aromatic rings. The average molecular weight is 398 g/mol. The Bertz CT molecular complexity index is 330. The summed E-state index contributed by atoms with van der Waals surface area (Å²) in [5.41, 5.74) is -0.238. The van der Waals surface area contributed by atoms with Gasteiger partial charge >= 0.3 is 0 Å². The lowest BCUT2D eigenvalue weighted by atomic mass is 10.1. The molecular formula is C13H27IN4O2. The fourth-order valence-corrected chi connectivity index (χ4v) is 1.45. The van der Waals surface area contributed by atoms with Gasteiger partial charge in [-0.3, -0.25) is 9.79 Å². The molecule has 6 nitrogen and oxygen atoms in total. The van der Waals surface area contributed by atoms with E-state index in [9.17, 15) is 4.79 Å². The maximum Gasteiger partial charge on any atom is 0.223 e. The number of amides is 1. The second-order valence-electron chi connectivity index (χ2n) is 5.38. The predicted molar refractivity (Wildman–Crippen MR) is 91.6 cm³/mol. The molecule has 1 amide bonds. The Hall–Kier alpha value is -0.570. The molecule has 0 spiro atoms. The molecule has 7 heteroatoms. The number of halogens is 1. The number of carbonyl (C=O) groups is 1. The molecular weight excluding hydrogens is 371 g/mol. The molecule has 0 bridgehead atoms. The number of nitrogens with zero attached hydrogens (tertiary/aromatic N) is 1. The molecule has 1 saturated carbocycles. The van der Waals surface area contributed by atoms with E-state index in [0.29, 0.717) is 25.6 Å². The molecule has 0 atom stereocenters. The SMILES string of the molecule is CN=C(NCCNC(=O)C1CC1)NCC(C)(C)OC.I.